The minimum Gasteiger partial charge on any atom is -0.497 e. The van der Waals surface area contributed by atoms with E-state index in [9.17, 15) is 4.79 Å². The highest BCUT2D eigenvalue weighted by atomic mass is 16.5. The predicted molar refractivity (Wildman–Crippen MR) is 111 cm³/mol. The first kappa shape index (κ1) is 21.0. The van der Waals surface area contributed by atoms with Gasteiger partial charge >= 0.3 is 0 Å². The summed E-state index contributed by atoms with van der Waals surface area (Å²) in [5.41, 5.74) is 3.60. The molecule has 1 N–H and O–H groups in total. The molecule has 4 nitrogen and oxygen atoms in total. The monoisotopic (exact) mass is 368 g/mol. The summed E-state index contributed by atoms with van der Waals surface area (Å²) < 4.78 is 5.37. The van der Waals surface area contributed by atoms with Crippen molar-refractivity contribution >= 4 is 5.91 Å². The summed E-state index contributed by atoms with van der Waals surface area (Å²) in [7, 11) is 1.68. The second kappa shape index (κ2) is 10.7. The van der Waals surface area contributed by atoms with E-state index in [2.05, 4.69) is 61.3 Å². The van der Waals surface area contributed by atoms with Gasteiger partial charge in [-0.05, 0) is 49.7 Å². The molecule has 0 bridgehead atoms. The molecule has 2 aromatic rings. The Bertz CT molecular complexity index is 726. The lowest BCUT2D eigenvalue weighted by Gasteiger charge is -2.30. The van der Waals surface area contributed by atoms with Gasteiger partial charge < -0.3 is 10.1 Å². The first-order valence-electron chi connectivity index (χ1n) is 9.77. The van der Waals surface area contributed by atoms with Gasteiger partial charge in [0.1, 0.15) is 5.75 Å². The Morgan fingerprint density at radius 3 is 2.52 bits per heavy atom. The van der Waals surface area contributed by atoms with E-state index >= 15 is 0 Å². The van der Waals surface area contributed by atoms with Crippen LogP contribution in [0.25, 0.3) is 0 Å². The number of methoxy groups -OCH3 is 1. The summed E-state index contributed by atoms with van der Waals surface area (Å²) in [6.45, 7) is 8.83. The maximum absolute atomic E-state index is 12.4. The van der Waals surface area contributed by atoms with Crippen molar-refractivity contribution in [2.45, 2.75) is 39.7 Å². The van der Waals surface area contributed by atoms with E-state index in [0.29, 0.717) is 13.0 Å². The van der Waals surface area contributed by atoms with Gasteiger partial charge in [-0.3, -0.25) is 9.69 Å². The lowest BCUT2D eigenvalue weighted by molar-refractivity contribution is -0.121. The molecule has 2 aromatic carbocycles. The average Bonchev–Trinajstić information content (AvgIpc) is 2.69. The molecule has 0 aliphatic heterocycles. The Hall–Kier alpha value is -2.33. The van der Waals surface area contributed by atoms with Gasteiger partial charge in [0, 0.05) is 13.0 Å². The molecule has 0 aliphatic rings. The number of hydrogen-bond donors (Lipinski definition) is 1. The summed E-state index contributed by atoms with van der Waals surface area (Å²) >= 11 is 0. The van der Waals surface area contributed by atoms with Gasteiger partial charge in [-0.2, -0.15) is 0 Å². The second-order valence-electron chi connectivity index (χ2n) is 6.81. The Labute approximate surface area is 163 Å². The number of likely N-dealkylation sites (N-methyl/N-ethyl adjacent to an activating group) is 1. The number of rotatable bonds is 10. The maximum Gasteiger partial charge on any atom is 0.220 e. The molecule has 1 unspecified atom stereocenters. The molecule has 0 saturated carbocycles. The van der Waals surface area contributed by atoms with E-state index in [1.165, 1.54) is 11.1 Å². The molecule has 0 aliphatic carbocycles. The normalized spacial score (nSPS) is 12.0. The molecule has 1 atom stereocenters. The van der Waals surface area contributed by atoms with Gasteiger partial charge in [0.15, 0.2) is 0 Å². The quantitative estimate of drug-likeness (QED) is 0.685. The smallest absolute Gasteiger partial charge is 0.220 e. The largest absolute Gasteiger partial charge is 0.497 e. The van der Waals surface area contributed by atoms with Crippen LogP contribution in [0.4, 0.5) is 0 Å². The van der Waals surface area contributed by atoms with Gasteiger partial charge in [0.2, 0.25) is 5.91 Å². The zero-order valence-electron chi connectivity index (χ0n) is 17.0. The number of nitrogens with one attached hydrogen (secondary N) is 1. The number of carbonyl (C=O) groups is 1. The first-order valence-corrected chi connectivity index (χ1v) is 9.77. The van der Waals surface area contributed by atoms with E-state index in [4.69, 9.17) is 4.74 Å². The third-order valence-electron chi connectivity index (χ3n) is 4.95. The Morgan fingerprint density at radius 2 is 1.85 bits per heavy atom. The molecule has 0 aromatic heterocycles. The summed E-state index contributed by atoms with van der Waals surface area (Å²) in [6.07, 6.45) is 1.27. The minimum absolute atomic E-state index is 0.0940. The molecular formula is C23H32N2O2. The molecule has 0 fully saturated rings. The number of nitrogens with zero attached hydrogens (tertiary/aromatic N) is 1. The van der Waals surface area contributed by atoms with Crippen molar-refractivity contribution < 1.29 is 9.53 Å². The highest BCUT2D eigenvalue weighted by Gasteiger charge is 2.19. The van der Waals surface area contributed by atoms with Gasteiger partial charge in [-0.25, -0.2) is 0 Å². The van der Waals surface area contributed by atoms with Crippen LogP contribution in [0, 0.1) is 6.92 Å². The van der Waals surface area contributed by atoms with Gasteiger partial charge in [-0.15, -0.1) is 0 Å². The maximum atomic E-state index is 12.4. The van der Waals surface area contributed by atoms with Crippen LogP contribution in [0.3, 0.4) is 0 Å². The zero-order chi connectivity index (χ0) is 19.6. The van der Waals surface area contributed by atoms with E-state index in [0.717, 1.165) is 30.8 Å². The van der Waals surface area contributed by atoms with Crippen molar-refractivity contribution in [1.82, 2.24) is 10.2 Å². The van der Waals surface area contributed by atoms with Crippen LogP contribution < -0.4 is 10.1 Å². The Morgan fingerprint density at radius 1 is 1.11 bits per heavy atom. The van der Waals surface area contributed by atoms with Crippen molar-refractivity contribution in [3.05, 3.63) is 65.2 Å². The second-order valence-corrected chi connectivity index (χ2v) is 6.81. The van der Waals surface area contributed by atoms with Gasteiger partial charge in [0.05, 0.1) is 13.2 Å². The van der Waals surface area contributed by atoms with Crippen LogP contribution in [0.1, 0.15) is 43.0 Å². The van der Waals surface area contributed by atoms with Crippen LogP contribution in [0.5, 0.6) is 5.75 Å². The van der Waals surface area contributed by atoms with E-state index in [-0.39, 0.29) is 11.9 Å². The third-order valence-corrected chi connectivity index (χ3v) is 4.95. The third kappa shape index (κ3) is 6.40. The molecule has 0 saturated heterocycles. The van der Waals surface area contributed by atoms with Crippen molar-refractivity contribution in [2.75, 3.05) is 26.7 Å². The fourth-order valence-corrected chi connectivity index (χ4v) is 3.40. The SMILES string of the molecule is CCN(CC)C(CNC(=O)CCc1cccc(C)c1)c1cccc(OC)c1. The van der Waals surface area contributed by atoms with Gasteiger partial charge in [0.25, 0.3) is 0 Å². The number of benzene rings is 2. The average molecular weight is 369 g/mol. The molecular weight excluding hydrogens is 336 g/mol. The number of hydrogen-bond acceptors (Lipinski definition) is 3. The van der Waals surface area contributed by atoms with E-state index < -0.39 is 0 Å². The summed E-state index contributed by atoms with van der Waals surface area (Å²) in [5, 5.41) is 3.13. The molecule has 0 heterocycles. The first-order chi connectivity index (χ1) is 13.1. The van der Waals surface area contributed by atoms with Crippen LogP contribution in [0.2, 0.25) is 0 Å². The van der Waals surface area contributed by atoms with Crippen LogP contribution in [-0.2, 0) is 11.2 Å². The number of amides is 1. The zero-order valence-corrected chi connectivity index (χ0v) is 17.0. The van der Waals surface area contributed by atoms with E-state index in [1.807, 2.05) is 18.2 Å². The molecule has 146 valence electrons. The number of carbonyl (C=O) groups excluding carboxylic acids is 1. The highest BCUT2D eigenvalue weighted by molar-refractivity contribution is 5.76. The fraction of sp³-hybridized carbons (Fsp3) is 0.435. The van der Waals surface area contributed by atoms with Crippen molar-refractivity contribution in [3.8, 4) is 5.75 Å². The topological polar surface area (TPSA) is 41.6 Å². The van der Waals surface area contributed by atoms with E-state index in [1.54, 1.807) is 7.11 Å². The Kier molecular flexibility index (Phi) is 8.34. The molecule has 0 spiro atoms. The van der Waals surface area contributed by atoms with Crippen LogP contribution in [0.15, 0.2) is 48.5 Å². The standard InChI is InChI=1S/C23H32N2O2/c1-5-25(6-2)22(20-11-8-12-21(16-20)27-4)17-24-23(26)14-13-19-10-7-9-18(3)15-19/h7-12,15-16,22H,5-6,13-14,17H2,1-4H3,(H,24,26). The minimum atomic E-state index is 0.0940. The summed E-state index contributed by atoms with van der Waals surface area (Å²) in [6, 6.07) is 16.6. The number of aryl methyl sites for hydroxylation is 2. The predicted octanol–water partition coefficient (Wildman–Crippen LogP) is 4.14. The molecule has 4 heteroatoms. The molecule has 1 amide bonds. The number of ether oxygens (including phenoxy) is 1. The van der Waals surface area contributed by atoms with Crippen molar-refractivity contribution in [1.29, 1.82) is 0 Å². The molecule has 2 rings (SSSR count). The summed E-state index contributed by atoms with van der Waals surface area (Å²) in [5.74, 6) is 0.937. The van der Waals surface area contributed by atoms with Crippen molar-refractivity contribution in [3.63, 3.8) is 0 Å². The lowest BCUT2D eigenvalue weighted by atomic mass is 10.0. The lowest BCUT2D eigenvalue weighted by Crippen LogP contribution is -2.38. The highest BCUT2D eigenvalue weighted by Crippen LogP contribution is 2.23. The van der Waals surface area contributed by atoms with Gasteiger partial charge in [-0.1, -0.05) is 55.8 Å². The van der Waals surface area contributed by atoms with Crippen molar-refractivity contribution in [2.24, 2.45) is 0 Å². The fourth-order valence-electron chi connectivity index (χ4n) is 3.40. The Balaban J connectivity index is 1.99. The summed E-state index contributed by atoms with van der Waals surface area (Å²) in [4.78, 5) is 14.8. The molecule has 27 heavy (non-hydrogen) atoms. The van der Waals surface area contributed by atoms with Crippen LogP contribution >= 0.6 is 0 Å². The molecule has 0 radical (unpaired) electrons. The van der Waals surface area contributed by atoms with Crippen LogP contribution in [-0.4, -0.2) is 37.6 Å².